The summed E-state index contributed by atoms with van der Waals surface area (Å²) >= 11 is 0. The van der Waals surface area contributed by atoms with Crippen LogP contribution < -0.4 is 10.6 Å². The lowest BCUT2D eigenvalue weighted by atomic mass is 9.97. The van der Waals surface area contributed by atoms with Gasteiger partial charge in [0.1, 0.15) is 0 Å². The third-order valence-electron chi connectivity index (χ3n) is 3.34. The molecular weight excluding hydrogens is 230 g/mol. The van der Waals surface area contributed by atoms with E-state index in [1.165, 1.54) is 5.56 Å². The third kappa shape index (κ3) is 1.55. The van der Waals surface area contributed by atoms with Gasteiger partial charge in [-0.2, -0.15) is 0 Å². The Morgan fingerprint density at radius 3 is 2.94 bits per heavy atom. The van der Waals surface area contributed by atoms with Crippen LogP contribution in [0, 0.1) is 0 Å². The minimum Gasteiger partial charge on any atom is -0.367 e. The van der Waals surface area contributed by atoms with Crippen molar-refractivity contribution in [2.24, 2.45) is 0 Å². The van der Waals surface area contributed by atoms with Gasteiger partial charge in [0, 0.05) is 19.2 Å². The lowest BCUT2D eigenvalue weighted by Crippen LogP contribution is -2.31. The van der Waals surface area contributed by atoms with Gasteiger partial charge < -0.3 is 15.2 Å². The van der Waals surface area contributed by atoms with E-state index in [4.69, 9.17) is 10.3 Å². The zero-order valence-corrected chi connectivity index (χ0v) is 10.0. The lowest BCUT2D eigenvalue weighted by Gasteiger charge is -2.26. The van der Waals surface area contributed by atoms with E-state index in [1.54, 1.807) is 18.1 Å². The highest BCUT2D eigenvalue weighted by atomic mass is 16.5. The Morgan fingerprint density at radius 1 is 1.39 bits per heavy atom. The van der Waals surface area contributed by atoms with Gasteiger partial charge in [-0.05, 0) is 23.6 Å². The molecule has 0 unspecified atom stereocenters. The fourth-order valence-corrected chi connectivity index (χ4v) is 2.26. The first-order valence-corrected chi connectivity index (χ1v) is 5.77. The number of amides is 1. The van der Waals surface area contributed by atoms with Gasteiger partial charge in [0.05, 0.1) is 11.8 Å². The summed E-state index contributed by atoms with van der Waals surface area (Å²) in [5.74, 6) is 0.428. The maximum Gasteiger partial charge on any atom is 0.229 e. The summed E-state index contributed by atoms with van der Waals surface area (Å²) in [6.07, 6.45) is 2.94. The minimum atomic E-state index is 0.137. The monoisotopic (exact) mass is 243 g/mol. The van der Waals surface area contributed by atoms with Crippen molar-refractivity contribution in [2.45, 2.75) is 12.8 Å². The highest BCUT2D eigenvalue weighted by Crippen LogP contribution is 2.33. The zero-order chi connectivity index (χ0) is 12.7. The van der Waals surface area contributed by atoms with Crippen molar-refractivity contribution in [3.63, 3.8) is 0 Å². The van der Waals surface area contributed by atoms with Crippen LogP contribution in [0.3, 0.4) is 0 Å². The molecule has 0 spiro atoms. The maximum absolute atomic E-state index is 11.7. The van der Waals surface area contributed by atoms with Crippen molar-refractivity contribution >= 4 is 17.5 Å². The van der Waals surface area contributed by atoms with Crippen LogP contribution in [0.25, 0.3) is 11.1 Å². The molecule has 2 N–H and O–H groups in total. The van der Waals surface area contributed by atoms with Crippen LogP contribution in [0.2, 0.25) is 0 Å². The smallest absolute Gasteiger partial charge is 0.229 e. The van der Waals surface area contributed by atoms with Crippen molar-refractivity contribution in [2.75, 3.05) is 17.7 Å². The average molecular weight is 243 g/mol. The first-order valence-electron chi connectivity index (χ1n) is 5.77. The third-order valence-corrected chi connectivity index (χ3v) is 3.34. The molecule has 0 aliphatic carbocycles. The highest BCUT2D eigenvalue weighted by molar-refractivity contribution is 5.96. The molecule has 0 saturated carbocycles. The van der Waals surface area contributed by atoms with Crippen molar-refractivity contribution in [3.05, 3.63) is 30.0 Å². The standard InChI is InChI=1S/C13H13N3O2/c1-16-11-6-9(10-7-15-18-13(10)14)3-2-8(11)4-5-12(16)17/h2-3,6-7H,4-5,14H2,1H3. The molecule has 0 atom stereocenters. The summed E-state index contributed by atoms with van der Waals surface area (Å²) < 4.78 is 4.86. The first-order chi connectivity index (χ1) is 8.66. The molecule has 1 aromatic heterocycles. The molecule has 1 amide bonds. The van der Waals surface area contributed by atoms with Gasteiger partial charge in [-0.1, -0.05) is 17.3 Å². The molecule has 5 nitrogen and oxygen atoms in total. The second-order valence-corrected chi connectivity index (χ2v) is 4.40. The SMILES string of the molecule is CN1C(=O)CCc2ccc(-c3cnoc3N)cc21. The molecule has 3 rings (SSSR count). The molecule has 0 radical (unpaired) electrons. The van der Waals surface area contributed by atoms with E-state index in [-0.39, 0.29) is 5.91 Å². The molecular formula is C13H13N3O2. The molecule has 0 fully saturated rings. The van der Waals surface area contributed by atoms with Crippen molar-refractivity contribution < 1.29 is 9.32 Å². The van der Waals surface area contributed by atoms with E-state index in [2.05, 4.69) is 5.16 Å². The summed E-state index contributed by atoms with van der Waals surface area (Å²) in [6.45, 7) is 0. The number of benzene rings is 1. The van der Waals surface area contributed by atoms with E-state index < -0.39 is 0 Å². The molecule has 1 aromatic carbocycles. The van der Waals surface area contributed by atoms with Gasteiger partial charge in [-0.25, -0.2) is 0 Å². The van der Waals surface area contributed by atoms with Crippen molar-refractivity contribution in [1.29, 1.82) is 0 Å². The van der Waals surface area contributed by atoms with E-state index in [0.29, 0.717) is 12.3 Å². The van der Waals surface area contributed by atoms with Crippen LogP contribution >= 0.6 is 0 Å². The number of aromatic nitrogens is 1. The van der Waals surface area contributed by atoms with Gasteiger partial charge in [0.2, 0.25) is 11.8 Å². The summed E-state index contributed by atoms with van der Waals surface area (Å²) in [5, 5.41) is 3.66. The van der Waals surface area contributed by atoms with Gasteiger partial charge in [0.15, 0.2) is 0 Å². The maximum atomic E-state index is 11.7. The van der Waals surface area contributed by atoms with Crippen LogP contribution in [0.1, 0.15) is 12.0 Å². The summed E-state index contributed by atoms with van der Waals surface area (Å²) in [5.41, 5.74) is 9.48. The number of hydrogen-bond donors (Lipinski definition) is 1. The molecule has 18 heavy (non-hydrogen) atoms. The molecule has 5 heteroatoms. The average Bonchev–Trinajstić information content (AvgIpc) is 2.80. The molecule has 2 heterocycles. The summed E-state index contributed by atoms with van der Waals surface area (Å²) in [6, 6.07) is 5.96. The Morgan fingerprint density at radius 2 is 2.22 bits per heavy atom. The Labute approximate surface area is 104 Å². The highest BCUT2D eigenvalue weighted by Gasteiger charge is 2.21. The van der Waals surface area contributed by atoms with E-state index >= 15 is 0 Å². The molecule has 1 aliphatic rings. The number of nitrogens with two attached hydrogens (primary N) is 1. The van der Waals surface area contributed by atoms with Crippen LogP contribution in [0.4, 0.5) is 11.6 Å². The molecule has 0 bridgehead atoms. The topological polar surface area (TPSA) is 72.4 Å². The minimum absolute atomic E-state index is 0.137. The lowest BCUT2D eigenvalue weighted by molar-refractivity contribution is -0.118. The van der Waals surface area contributed by atoms with Gasteiger partial charge in [-0.3, -0.25) is 4.79 Å². The van der Waals surface area contributed by atoms with Gasteiger partial charge in [0.25, 0.3) is 0 Å². The largest absolute Gasteiger partial charge is 0.367 e. The van der Waals surface area contributed by atoms with Crippen molar-refractivity contribution in [3.8, 4) is 11.1 Å². The van der Waals surface area contributed by atoms with Crippen molar-refractivity contribution in [1.82, 2.24) is 5.16 Å². The summed E-state index contributed by atoms with van der Waals surface area (Å²) in [4.78, 5) is 13.4. The second-order valence-electron chi connectivity index (χ2n) is 4.40. The van der Waals surface area contributed by atoms with Gasteiger partial charge in [-0.15, -0.1) is 0 Å². The van der Waals surface area contributed by atoms with Crippen LogP contribution in [0.15, 0.2) is 28.9 Å². The van der Waals surface area contributed by atoms with E-state index in [0.717, 1.165) is 23.2 Å². The molecule has 1 aliphatic heterocycles. The quantitative estimate of drug-likeness (QED) is 0.829. The van der Waals surface area contributed by atoms with E-state index in [9.17, 15) is 4.79 Å². The number of anilines is 2. The van der Waals surface area contributed by atoms with Crippen LogP contribution in [0.5, 0.6) is 0 Å². The summed E-state index contributed by atoms with van der Waals surface area (Å²) in [7, 11) is 1.79. The second kappa shape index (κ2) is 3.87. The predicted octanol–water partition coefficient (Wildman–Crippen LogP) is 1.83. The number of carbonyl (C=O) groups is 1. The molecule has 92 valence electrons. The number of rotatable bonds is 1. The van der Waals surface area contributed by atoms with Crippen LogP contribution in [-0.2, 0) is 11.2 Å². The Bertz CT molecular complexity index is 618. The first kappa shape index (κ1) is 10.8. The number of hydrogen-bond acceptors (Lipinski definition) is 4. The van der Waals surface area contributed by atoms with Gasteiger partial charge >= 0.3 is 0 Å². The van der Waals surface area contributed by atoms with E-state index in [1.807, 2.05) is 18.2 Å². The fourth-order valence-electron chi connectivity index (χ4n) is 2.26. The number of nitrogen functional groups attached to an aromatic ring is 1. The Balaban J connectivity index is 2.11. The number of aryl methyl sites for hydroxylation is 1. The molecule has 0 saturated heterocycles. The number of fused-ring (bicyclic) bond motifs is 1. The van der Waals surface area contributed by atoms with Crippen LogP contribution in [-0.4, -0.2) is 18.1 Å². The molecule has 2 aromatic rings. The Hall–Kier alpha value is -2.30. The fraction of sp³-hybridized carbons (Fsp3) is 0.231. The normalized spacial score (nSPS) is 14.7. The number of nitrogens with zero attached hydrogens (tertiary/aromatic N) is 2. The predicted molar refractivity (Wildman–Crippen MR) is 68.1 cm³/mol. The zero-order valence-electron chi connectivity index (χ0n) is 10.0. The Kier molecular flexibility index (Phi) is 2.33. The number of carbonyl (C=O) groups excluding carboxylic acids is 1.